The lowest BCUT2D eigenvalue weighted by molar-refractivity contribution is -0.161. The molecule has 0 unspecified atom stereocenters. The van der Waals surface area contributed by atoms with Gasteiger partial charge in [-0.2, -0.15) is 0 Å². The summed E-state index contributed by atoms with van der Waals surface area (Å²) in [7, 11) is 2.50. The smallest absolute Gasteiger partial charge is 0.320 e. The van der Waals surface area contributed by atoms with Crippen LogP contribution in [0.4, 0.5) is 0 Å². The number of rotatable bonds is 5. The average molecular weight is 200 g/mol. The van der Waals surface area contributed by atoms with E-state index in [9.17, 15) is 9.59 Å². The first-order chi connectivity index (χ1) is 6.58. The lowest BCUT2D eigenvalue weighted by Crippen LogP contribution is -2.31. The SMILES string of the molecule is C=CC[C@@H](C)C(C(=O)OC)C(=O)OC. The summed E-state index contributed by atoms with van der Waals surface area (Å²) < 4.78 is 9.06. The molecule has 0 aromatic carbocycles. The molecule has 0 saturated heterocycles. The van der Waals surface area contributed by atoms with Crippen molar-refractivity contribution in [2.45, 2.75) is 13.3 Å². The molecule has 0 rings (SSSR count). The minimum atomic E-state index is -0.858. The number of allylic oxidation sites excluding steroid dienone is 1. The standard InChI is InChI=1S/C10H16O4/c1-5-6-7(2)8(9(11)13-3)10(12)14-4/h5,7-8H,1,6H2,2-4H3/t7-/m1/s1. The van der Waals surface area contributed by atoms with Crippen molar-refractivity contribution < 1.29 is 19.1 Å². The van der Waals surface area contributed by atoms with E-state index in [0.717, 1.165) is 0 Å². The zero-order valence-electron chi connectivity index (χ0n) is 8.78. The predicted molar refractivity (Wildman–Crippen MR) is 51.5 cm³/mol. The Bertz CT molecular complexity index is 206. The van der Waals surface area contributed by atoms with Crippen molar-refractivity contribution in [2.75, 3.05) is 14.2 Å². The summed E-state index contributed by atoms with van der Waals surface area (Å²) in [5.41, 5.74) is 0. The third-order valence-electron chi connectivity index (χ3n) is 2.02. The molecule has 0 aliphatic heterocycles. The lowest BCUT2D eigenvalue weighted by Gasteiger charge is -2.17. The van der Waals surface area contributed by atoms with E-state index in [4.69, 9.17) is 0 Å². The molecule has 80 valence electrons. The van der Waals surface area contributed by atoms with Crippen LogP contribution < -0.4 is 0 Å². The van der Waals surface area contributed by atoms with Crippen LogP contribution in [0.5, 0.6) is 0 Å². The highest BCUT2D eigenvalue weighted by molar-refractivity contribution is 5.95. The summed E-state index contributed by atoms with van der Waals surface area (Å²) in [5, 5.41) is 0. The van der Waals surface area contributed by atoms with Crippen molar-refractivity contribution in [3.63, 3.8) is 0 Å². The highest BCUT2D eigenvalue weighted by atomic mass is 16.5. The number of hydrogen-bond donors (Lipinski definition) is 0. The highest BCUT2D eigenvalue weighted by Crippen LogP contribution is 2.18. The van der Waals surface area contributed by atoms with Gasteiger partial charge in [0.2, 0.25) is 0 Å². The van der Waals surface area contributed by atoms with Crippen molar-refractivity contribution in [1.82, 2.24) is 0 Å². The van der Waals surface area contributed by atoms with Crippen molar-refractivity contribution >= 4 is 11.9 Å². The van der Waals surface area contributed by atoms with Gasteiger partial charge >= 0.3 is 11.9 Å². The number of hydrogen-bond acceptors (Lipinski definition) is 4. The van der Waals surface area contributed by atoms with Gasteiger partial charge in [0.1, 0.15) is 0 Å². The number of esters is 2. The Morgan fingerprint density at radius 2 is 1.71 bits per heavy atom. The Labute approximate surface area is 83.9 Å². The molecule has 0 heterocycles. The van der Waals surface area contributed by atoms with Gasteiger partial charge < -0.3 is 9.47 Å². The monoisotopic (exact) mass is 200 g/mol. The summed E-state index contributed by atoms with van der Waals surface area (Å²) in [6.07, 6.45) is 2.22. The second-order valence-corrected chi connectivity index (χ2v) is 3.03. The number of methoxy groups -OCH3 is 2. The molecule has 0 saturated carbocycles. The maximum Gasteiger partial charge on any atom is 0.320 e. The zero-order valence-corrected chi connectivity index (χ0v) is 8.78. The van der Waals surface area contributed by atoms with Crippen LogP contribution in [0.1, 0.15) is 13.3 Å². The first kappa shape index (κ1) is 12.7. The third kappa shape index (κ3) is 3.20. The molecule has 4 heteroatoms. The summed E-state index contributed by atoms with van der Waals surface area (Å²) >= 11 is 0. The van der Waals surface area contributed by atoms with Crippen LogP contribution in [0.2, 0.25) is 0 Å². The van der Waals surface area contributed by atoms with Crippen molar-refractivity contribution in [1.29, 1.82) is 0 Å². The predicted octanol–water partition coefficient (Wildman–Crippen LogP) is 1.16. The second kappa shape index (κ2) is 6.18. The highest BCUT2D eigenvalue weighted by Gasteiger charge is 2.33. The summed E-state index contributed by atoms with van der Waals surface area (Å²) in [6, 6.07) is 0. The van der Waals surface area contributed by atoms with Crippen LogP contribution in [0.3, 0.4) is 0 Å². The maximum absolute atomic E-state index is 11.3. The first-order valence-electron chi connectivity index (χ1n) is 4.35. The Kier molecular flexibility index (Phi) is 5.60. The maximum atomic E-state index is 11.3. The molecule has 4 nitrogen and oxygen atoms in total. The van der Waals surface area contributed by atoms with E-state index < -0.39 is 17.9 Å². The minimum Gasteiger partial charge on any atom is -0.468 e. The molecule has 0 bridgehead atoms. The van der Waals surface area contributed by atoms with E-state index >= 15 is 0 Å². The van der Waals surface area contributed by atoms with Gasteiger partial charge in [0, 0.05) is 0 Å². The van der Waals surface area contributed by atoms with Gasteiger partial charge in [0.05, 0.1) is 14.2 Å². The summed E-state index contributed by atoms with van der Waals surface area (Å²) in [6.45, 7) is 5.33. The van der Waals surface area contributed by atoms with Gasteiger partial charge in [0.15, 0.2) is 5.92 Å². The van der Waals surface area contributed by atoms with Crippen LogP contribution >= 0.6 is 0 Å². The minimum absolute atomic E-state index is 0.160. The Morgan fingerprint density at radius 1 is 1.29 bits per heavy atom. The van der Waals surface area contributed by atoms with Crippen LogP contribution in [0.25, 0.3) is 0 Å². The second-order valence-electron chi connectivity index (χ2n) is 3.03. The van der Waals surface area contributed by atoms with E-state index in [1.807, 2.05) is 0 Å². The van der Waals surface area contributed by atoms with E-state index in [1.54, 1.807) is 13.0 Å². The van der Waals surface area contributed by atoms with Crippen molar-refractivity contribution in [3.8, 4) is 0 Å². The van der Waals surface area contributed by atoms with E-state index in [0.29, 0.717) is 6.42 Å². The third-order valence-corrected chi connectivity index (χ3v) is 2.02. The van der Waals surface area contributed by atoms with Crippen LogP contribution in [-0.2, 0) is 19.1 Å². The fourth-order valence-electron chi connectivity index (χ4n) is 1.21. The lowest BCUT2D eigenvalue weighted by atomic mass is 9.91. The molecular weight excluding hydrogens is 184 g/mol. The van der Waals surface area contributed by atoms with Gasteiger partial charge in [-0.15, -0.1) is 6.58 Å². The zero-order chi connectivity index (χ0) is 11.1. The molecule has 14 heavy (non-hydrogen) atoms. The van der Waals surface area contributed by atoms with Crippen molar-refractivity contribution in [2.24, 2.45) is 11.8 Å². The van der Waals surface area contributed by atoms with E-state index in [2.05, 4.69) is 16.1 Å². The summed E-state index contributed by atoms with van der Waals surface area (Å²) in [5.74, 6) is -2.15. The first-order valence-corrected chi connectivity index (χ1v) is 4.35. The van der Waals surface area contributed by atoms with Gasteiger partial charge in [-0.3, -0.25) is 9.59 Å². The molecule has 0 N–H and O–H groups in total. The quantitative estimate of drug-likeness (QED) is 0.379. The Balaban J connectivity index is 4.61. The fourth-order valence-corrected chi connectivity index (χ4v) is 1.21. The topological polar surface area (TPSA) is 52.6 Å². The van der Waals surface area contributed by atoms with Gasteiger partial charge in [-0.25, -0.2) is 0 Å². The van der Waals surface area contributed by atoms with Gasteiger partial charge in [-0.1, -0.05) is 13.0 Å². The molecule has 0 amide bonds. The van der Waals surface area contributed by atoms with Crippen molar-refractivity contribution in [3.05, 3.63) is 12.7 Å². The van der Waals surface area contributed by atoms with E-state index in [1.165, 1.54) is 14.2 Å². The van der Waals surface area contributed by atoms with Crippen LogP contribution in [0, 0.1) is 11.8 Å². The fraction of sp³-hybridized carbons (Fsp3) is 0.600. The molecule has 0 aliphatic carbocycles. The van der Waals surface area contributed by atoms with Gasteiger partial charge in [-0.05, 0) is 12.3 Å². The Morgan fingerprint density at radius 3 is 2.00 bits per heavy atom. The largest absolute Gasteiger partial charge is 0.468 e. The number of ether oxygens (including phenoxy) is 2. The normalized spacial score (nSPS) is 12.0. The van der Waals surface area contributed by atoms with Crippen LogP contribution in [0.15, 0.2) is 12.7 Å². The molecule has 0 fully saturated rings. The number of carbonyl (C=O) groups is 2. The molecule has 0 spiro atoms. The molecule has 0 aromatic heterocycles. The summed E-state index contributed by atoms with van der Waals surface area (Å²) in [4.78, 5) is 22.5. The molecule has 1 atom stereocenters. The number of carbonyl (C=O) groups excluding carboxylic acids is 2. The molecule has 0 aliphatic rings. The molecular formula is C10H16O4. The Hall–Kier alpha value is -1.32. The van der Waals surface area contributed by atoms with Crippen LogP contribution in [-0.4, -0.2) is 26.2 Å². The average Bonchev–Trinajstić information content (AvgIpc) is 2.17. The molecule has 0 aromatic rings. The van der Waals surface area contributed by atoms with E-state index in [-0.39, 0.29) is 5.92 Å². The van der Waals surface area contributed by atoms with Gasteiger partial charge in [0.25, 0.3) is 0 Å². The molecule has 0 radical (unpaired) electrons.